The van der Waals surface area contributed by atoms with Crippen molar-refractivity contribution in [2.75, 3.05) is 62.4 Å². The van der Waals surface area contributed by atoms with E-state index in [1.165, 1.54) is 24.3 Å². The van der Waals surface area contributed by atoms with Gasteiger partial charge in [0.05, 0.1) is 45.7 Å². The van der Waals surface area contributed by atoms with E-state index in [0.717, 1.165) is 12.8 Å². The van der Waals surface area contributed by atoms with Gasteiger partial charge in [0.25, 0.3) is 0 Å². The van der Waals surface area contributed by atoms with Gasteiger partial charge in [0, 0.05) is 69.4 Å². The molecule has 0 spiro atoms. The number of hydrogen-bond acceptors (Lipinski definition) is 10. The molecule has 11 rings (SSSR count). The lowest BCUT2D eigenvalue weighted by Gasteiger charge is -2.43. The quantitative estimate of drug-likeness (QED) is 0.0643. The Morgan fingerprint density at radius 2 is 1.14 bits per heavy atom. The molecule has 0 aliphatic carbocycles. The van der Waals surface area contributed by atoms with Gasteiger partial charge in [-0.05, 0) is 143 Å². The molecule has 6 fully saturated rings. The third-order valence-corrected chi connectivity index (χ3v) is 19.0. The number of carboxylic acid groups (broad SMARTS) is 2. The molecule has 2 aromatic heterocycles. The van der Waals surface area contributed by atoms with Crippen LogP contribution in [0.1, 0.15) is 146 Å². The fraction of sp³-hybridized carbons (Fsp3) is 0.593. The maximum atomic E-state index is 17.4. The molecule has 6 aliphatic heterocycles. The largest absolute Gasteiger partial charge is 0.465 e. The second-order valence-electron chi connectivity index (χ2n) is 24.7. The molecule has 6 N–H and O–H groups in total. The van der Waals surface area contributed by atoms with Gasteiger partial charge in [-0.15, -0.1) is 0 Å². The van der Waals surface area contributed by atoms with E-state index in [1.807, 2.05) is 6.92 Å². The first-order valence-electron chi connectivity index (χ1n) is 28.9. The zero-order valence-corrected chi connectivity index (χ0v) is 46.6. The number of carbonyl (C=O) groups excluding carboxylic acids is 2. The Bertz CT molecular complexity index is 3180. The molecule has 0 radical (unpaired) electrons. The van der Waals surface area contributed by atoms with Gasteiger partial charge < -0.3 is 59.9 Å². The number of imidazole rings is 2. The molecule has 0 saturated carbocycles. The third-order valence-electron chi connectivity index (χ3n) is 19.0. The molecule has 5 aromatic rings. The Balaban J connectivity index is 0.958. The number of nitrogens with one attached hydrogen (secondary N) is 4. The lowest BCUT2D eigenvalue weighted by molar-refractivity contribution is -0.137. The van der Waals surface area contributed by atoms with Crippen LogP contribution in [-0.4, -0.2) is 129 Å². The van der Waals surface area contributed by atoms with Gasteiger partial charge in [-0.1, -0.05) is 27.7 Å². The standard InChI is InChI=1S/C59H74F4N10O8/c1-31-24-48(36-27-42-44(29-38(36)60)66-52(64-42)46-8-6-16-71(46)54(74)49(68-56(76)77)32-12-20-80-21-13-32)73(35-25-40(62)51(41(63)26-35)70-18-10-34(11-19-70)58(2,3)4)59(31,5)37-28-43-45(30-39(37)61)67-53(65-43)47-9-7-17-72(47)55(75)50(69-57(78)79)33-14-22-81-23-15-33/h25-34,46-50,68-69H,6-24H2,1-5H3,(H,64,66)(H,65,67)(H,76,77)(H,78,79)/t31?,46?,47?,48-,49?,50+,59+/m1/s1. The highest BCUT2D eigenvalue weighted by Crippen LogP contribution is 2.56. The van der Waals surface area contributed by atoms with Crippen molar-refractivity contribution in [3.8, 4) is 0 Å². The highest BCUT2D eigenvalue weighted by Gasteiger charge is 2.53. The smallest absolute Gasteiger partial charge is 0.405 e. The van der Waals surface area contributed by atoms with E-state index in [4.69, 9.17) is 19.4 Å². The third kappa shape index (κ3) is 10.6. The minimum absolute atomic E-state index is 0.0287. The van der Waals surface area contributed by atoms with Gasteiger partial charge in [-0.2, -0.15) is 0 Å². The predicted molar refractivity (Wildman–Crippen MR) is 294 cm³/mol. The number of piperidine rings is 1. The summed E-state index contributed by atoms with van der Waals surface area (Å²) in [6.07, 6.45) is 3.44. The Hall–Kier alpha value is -6.68. The molecule has 4 unspecified atom stereocenters. The molecule has 3 aromatic carbocycles. The van der Waals surface area contributed by atoms with E-state index in [0.29, 0.717) is 144 Å². The van der Waals surface area contributed by atoms with Crippen molar-refractivity contribution in [2.24, 2.45) is 29.1 Å². The zero-order valence-electron chi connectivity index (χ0n) is 46.6. The summed E-state index contributed by atoms with van der Waals surface area (Å²) < 4.78 is 79.8. The first-order valence-corrected chi connectivity index (χ1v) is 28.9. The first kappa shape index (κ1) is 56.2. The van der Waals surface area contributed by atoms with E-state index in [9.17, 15) is 29.4 Å². The number of fused-ring (bicyclic) bond motifs is 2. The topological polar surface area (TPSA) is 222 Å². The van der Waals surface area contributed by atoms with Crippen LogP contribution >= 0.6 is 0 Å². The van der Waals surface area contributed by atoms with Gasteiger partial charge in [0.1, 0.15) is 41.1 Å². The molecule has 6 aliphatic rings. The SMILES string of the molecule is CC1C[C@H](c2cc3nc(C4CCCN4C(=O)C(NC(=O)O)C4CCOCC4)[nH]c3cc2F)N(c2cc(F)c(N3CCC(C(C)(C)C)CC3)c(F)c2)[C@]1(C)c1cc2nc(C3CCCN3C(=O)[C@@H](NC(=O)O)C3CCOCC3)[nH]c2cc1F. The summed E-state index contributed by atoms with van der Waals surface area (Å²) in [6.45, 7) is 13.5. The lowest BCUT2D eigenvalue weighted by Crippen LogP contribution is -2.52. The summed E-state index contributed by atoms with van der Waals surface area (Å²) in [6, 6.07) is 4.34. The molecule has 6 saturated heterocycles. The number of aromatic nitrogens is 4. The molecule has 81 heavy (non-hydrogen) atoms. The number of benzene rings is 3. The number of ether oxygens (including phenoxy) is 2. The van der Waals surface area contributed by atoms with E-state index in [1.54, 1.807) is 38.7 Å². The zero-order chi connectivity index (χ0) is 57.2. The summed E-state index contributed by atoms with van der Waals surface area (Å²) in [7, 11) is 0. The number of H-pyrrole nitrogens is 2. The number of aromatic amines is 2. The fourth-order valence-electron chi connectivity index (χ4n) is 14.5. The van der Waals surface area contributed by atoms with Crippen molar-refractivity contribution in [3.05, 3.63) is 82.4 Å². The summed E-state index contributed by atoms with van der Waals surface area (Å²) in [5, 5.41) is 24.5. The highest BCUT2D eigenvalue weighted by molar-refractivity contribution is 5.87. The number of carbonyl (C=O) groups is 4. The summed E-state index contributed by atoms with van der Waals surface area (Å²) >= 11 is 0. The monoisotopic (exact) mass is 1130 g/mol. The molecule has 18 nitrogen and oxygen atoms in total. The second kappa shape index (κ2) is 22.2. The predicted octanol–water partition coefficient (Wildman–Crippen LogP) is 10.2. The van der Waals surface area contributed by atoms with E-state index in [-0.39, 0.29) is 58.0 Å². The van der Waals surface area contributed by atoms with E-state index in [2.05, 4.69) is 41.4 Å². The molecule has 4 amide bonds. The Morgan fingerprint density at radius 3 is 1.62 bits per heavy atom. The van der Waals surface area contributed by atoms with E-state index < -0.39 is 77.1 Å². The Labute approximate surface area is 467 Å². The molecule has 7 atom stereocenters. The van der Waals surface area contributed by atoms with Crippen molar-refractivity contribution >= 4 is 57.4 Å². The van der Waals surface area contributed by atoms with Crippen LogP contribution < -0.4 is 20.4 Å². The van der Waals surface area contributed by atoms with Crippen LogP contribution in [0.15, 0.2) is 36.4 Å². The van der Waals surface area contributed by atoms with Crippen molar-refractivity contribution in [1.29, 1.82) is 0 Å². The number of amides is 4. The summed E-state index contributed by atoms with van der Waals surface area (Å²) in [5.41, 5.74) is 0.259. The number of anilines is 2. The highest BCUT2D eigenvalue weighted by atomic mass is 19.1. The number of hydrogen-bond donors (Lipinski definition) is 6. The molecular weight excluding hydrogens is 1050 g/mol. The second-order valence-corrected chi connectivity index (χ2v) is 24.7. The van der Waals surface area contributed by atoms with Crippen LogP contribution in [-0.2, 0) is 24.6 Å². The van der Waals surface area contributed by atoms with Gasteiger partial charge in [-0.3, -0.25) is 9.59 Å². The lowest BCUT2D eigenvalue weighted by atomic mass is 9.75. The van der Waals surface area contributed by atoms with Crippen molar-refractivity contribution in [3.63, 3.8) is 0 Å². The summed E-state index contributed by atoms with van der Waals surface area (Å²) in [4.78, 5) is 75.7. The number of rotatable bonds is 12. The molecular formula is C59H74F4N10O8. The van der Waals surface area contributed by atoms with Crippen molar-refractivity contribution in [2.45, 2.75) is 141 Å². The first-order chi connectivity index (χ1) is 38.7. The Kier molecular flexibility index (Phi) is 15.4. The van der Waals surface area contributed by atoms with Crippen LogP contribution in [0.25, 0.3) is 22.1 Å². The average molecular weight is 1130 g/mol. The van der Waals surface area contributed by atoms with Gasteiger partial charge in [0.15, 0.2) is 11.6 Å². The van der Waals surface area contributed by atoms with Crippen LogP contribution in [0.4, 0.5) is 38.5 Å². The van der Waals surface area contributed by atoms with Crippen LogP contribution in [0.2, 0.25) is 0 Å². The van der Waals surface area contributed by atoms with Crippen LogP contribution in [0.5, 0.6) is 0 Å². The van der Waals surface area contributed by atoms with Crippen LogP contribution in [0.3, 0.4) is 0 Å². The van der Waals surface area contributed by atoms with Crippen molar-refractivity contribution < 1.29 is 56.4 Å². The minimum Gasteiger partial charge on any atom is -0.465 e. The van der Waals surface area contributed by atoms with E-state index >= 15 is 17.6 Å². The Morgan fingerprint density at radius 1 is 0.654 bits per heavy atom. The number of likely N-dealkylation sites (tertiary alicyclic amines) is 2. The molecule has 8 heterocycles. The fourth-order valence-corrected chi connectivity index (χ4v) is 14.5. The minimum atomic E-state index is -1.41. The molecule has 436 valence electrons. The number of nitrogens with zero attached hydrogens (tertiary/aromatic N) is 6. The van der Waals surface area contributed by atoms with Gasteiger partial charge in [0.2, 0.25) is 11.8 Å². The molecule has 0 bridgehead atoms. The molecule has 22 heteroatoms. The normalized spacial score (nSPS) is 25.3. The summed E-state index contributed by atoms with van der Waals surface area (Å²) in [5.74, 6) is -3.50. The van der Waals surface area contributed by atoms with Gasteiger partial charge in [-0.25, -0.2) is 37.1 Å². The number of halogens is 4. The van der Waals surface area contributed by atoms with Gasteiger partial charge >= 0.3 is 12.2 Å². The van der Waals surface area contributed by atoms with Crippen molar-refractivity contribution in [1.82, 2.24) is 40.4 Å². The maximum Gasteiger partial charge on any atom is 0.405 e. The maximum absolute atomic E-state index is 17.4. The van der Waals surface area contributed by atoms with Crippen LogP contribution in [0, 0.1) is 52.4 Å². The average Bonchev–Trinajstić information content (AvgIpc) is 3.88.